The van der Waals surface area contributed by atoms with Crippen molar-refractivity contribution in [2.45, 2.75) is 6.42 Å². The van der Waals surface area contributed by atoms with Gasteiger partial charge in [-0.1, -0.05) is 23.7 Å². The first-order valence-corrected chi connectivity index (χ1v) is 7.69. The van der Waals surface area contributed by atoms with Gasteiger partial charge in [-0.3, -0.25) is 9.69 Å². The van der Waals surface area contributed by atoms with Crippen molar-refractivity contribution in [3.05, 3.63) is 29.3 Å². The van der Waals surface area contributed by atoms with Crippen molar-refractivity contribution in [3.63, 3.8) is 0 Å². The van der Waals surface area contributed by atoms with E-state index in [0.29, 0.717) is 17.3 Å². The molecule has 2 N–H and O–H groups in total. The fraction of sp³-hybridized carbons (Fsp3) is 0.533. The van der Waals surface area contributed by atoms with Crippen molar-refractivity contribution in [2.75, 3.05) is 51.3 Å². The molecule has 1 amide bonds. The number of ether oxygens (including phenoxy) is 1. The van der Waals surface area contributed by atoms with E-state index >= 15 is 0 Å². The van der Waals surface area contributed by atoms with Gasteiger partial charge in [-0.05, 0) is 31.6 Å². The summed E-state index contributed by atoms with van der Waals surface area (Å²) in [6.07, 6.45) is 1.03. The van der Waals surface area contributed by atoms with E-state index in [4.69, 9.17) is 16.3 Å². The monoisotopic (exact) mass is 311 g/mol. The maximum absolute atomic E-state index is 11.8. The summed E-state index contributed by atoms with van der Waals surface area (Å²) in [7, 11) is 0. The van der Waals surface area contributed by atoms with Gasteiger partial charge in [-0.25, -0.2) is 0 Å². The molecule has 5 nitrogen and oxygen atoms in total. The lowest BCUT2D eigenvalue weighted by atomic mass is 10.3. The molecule has 0 spiro atoms. The standard InChI is InChI=1S/C15H22ClN3O2/c16-13-4-1-2-5-14(13)18-15(20)12-17-6-3-7-19-8-10-21-11-9-19/h1-2,4-5,17H,3,6-12H2,(H,18,20). The molecule has 0 radical (unpaired) electrons. The SMILES string of the molecule is O=C(CNCCCN1CCOCC1)Nc1ccccc1Cl. The van der Waals surface area contributed by atoms with Crippen LogP contribution in [0.25, 0.3) is 0 Å². The first-order valence-electron chi connectivity index (χ1n) is 7.31. The number of carbonyl (C=O) groups is 1. The lowest BCUT2D eigenvalue weighted by molar-refractivity contribution is -0.115. The number of carbonyl (C=O) groups excluding carboxylic acids is 1. The zero-order valence-corrected chi connectivity index (χ0v) is 12.9. The Morgan fingerprint density at radius 2 is 2.05 bits per heavy atom. The second-order valence-corrected chi connectivity index (χ2v) is 5.42. The molecule has 2 rings (SSSR count). The molecule has 1 aliphatic heterocycles. The molecule has 1 aliphatic rings. The van der Waals surface area contributed by atoms with Gasteiger partial charge in [0.1, 0.15) is 0 Å². The van der Waals surface area contributed by atoms with Crippen LogP contribution >= 0.6 is 11.6 Å². The Labute approximate surface area is 130 Å². The fourth-order valence-corrected chi connectivity index (χ4v) is 2.39. The number of nitrogens with one attached hydrogen (secondary N) is 2. The number of nitrogens with zero attached hydrogens (tertiary/aromatic N) is 1. The average Bonchev–Trinajstić information content (AvgIpc) is 2.50. The zero-order chi connectivity index (χ0) is 14.9. The minimum absolute atomic E-state index is 0.0746. The van der Waals surface area contributed by atoms with Crippen molar-refractivity contribution >= 4 is 23.2 Å². The van der Waals surface area contributed by atoms with E-state index in [1.54, 1.807) is 12.1 Å². The molecule has 0 aliphatic carbocycles. The van der Waals surface area contributed by atoms with Crippen LogP contribution in [0.4, 0.5) is 5.69 Å². The fourth-order valence-electron chi connectivity index (χ4n) is 2.21. The molecule has 21 heavy (non-hydrogen) atoms. The predicted octanol–water partition coefficient (Wildman–Crippen LogP) is 1.59. The summed E-state index contributed by atoms with van der Waals surface area (Å²) < 4.78 is 5.30. The van der Waals surface area contributed by atoms with Crippen LogP contribution in [-0.2, 0) is 9.53 Å². The van der Waals surface area contributed by atoms with Crippen molar-refractivity contribution in [3.8, 4) is 0 Å². The number of rotatable bonds is 7. The maximum Gasteiger partial charge on any atom is 0.238 e. The van der Waals surface area contributed by atoms with Crippen LogP contribution < -0.4 is 10.6 Å². The lowest BCUT2D eigenvalue weighted by Crippen LogP contribution is -2.38. The van der Waals surface area contributed by atoms with Gasteiger partial charge in [0.05, 0.1) is 30.5 Å². The molecule has 0 unspecified atom stereocenters. The van der Waals surface area contributed by atoms with Gasteiger partial charge >= 0.3 is 0 Å². The summed E-state index contributed by atoms with van der Waals surface area (Å²) in [5, 5.41) is 6.50. The number of hydrogen-bond donors (Lipinski definition) is 2. The molecule has 1 aromatic rings. The second kappa shape index (κ2) is 9.00. The number of anilines is 1. The number of halogens is 1. The van der Waals surface area contributed by atoms with E-state index in [0.717, 1.165) is 45.8 Å². The molecule has 0 saturated carbocycles. The second-order valence-electron chi connectivity index (χ2n) is 5.01. The Morgan fingerprint density at radius 3 is 2.81 bits per heavy atom. The third kappa shape index (κ3) is 6.01. The Balaban J connectivity index is 1.56. The van der Waals surface area contributed by atoms with Gasteiger partial charge in [0.25, 0.3) is 0 Å². The van der Waals surface area contributed by atoms with E-state index in [1.807, 2.05) is 12.1 Å². The zero-order valence-electron chi connectivity index (χ0n) is 12.1. The first kappa shape index (κ1) is 16.2. The molecule has 0 aromatic heterocycles. The van der Waals surface area contributed by atoms with Crippen molar-refractivity contribution in [2.24, 2.45) is 0 Å². The quantitative estimate of drug-likeness (QED) is 0.751. The van der Waals surface area contributed by atoms with E-state index < -0.39 is 0 Å². The van der Waals surface area contributed by atoms with E-state index in [-0.39, 0.29) is 5.91 Å². The van der Waals surface area contributed by atoms with Crippen molar-refractivity contribution in [1.29, 1.82) is 0 Å². The Morgan fingerprint density at radius 1 is 1.29 bits per heavy atom. The minimum Gasteiger partial charge on any atom is -0.379 e. The first-order chi connectivity index (χ1) is 10.3. The van der Waals surface area contributed by atoms with Gasteiger partial charge in [-0.15, -0.1) is 0 Å². The summed E-state index contributed by atoms with van der Waals surface area (Å²) in [5.41, 5.74) is 0.652. The van der Waals surface area contributed by atoms with E-state index in [9.17, 15) is 4.79 Å². The van der Waals surface area contributed by atoms with Crippen molar-refractivity contribution < 1.29 is 9.53 Å². The Kier molecular flexibility index (Phi) is 6.95. The molecule has 1 heterocycles. The van der Waals surface area contributed by atoms with E-state index in [1.165, 1.54) is 0 Å². The third-order valence-electron chi connectivity index (χ3n) is 3.37. The minimum atomic E-state index is -0.0746. The van der Waals surface area contributed by atoms with Gasteiger partial charge in [0, 0.05) is 13.1 Å². The van der Waals surface area contributed by atoms with Crippen LogP contribution in [0.1, 0.15) is 6.42 Å². The summed E-state index contributed by atoms with van der Waals surface area (Å²) in [5.74, 6) is -0.0746. The highest BCUT2D eigenvalue weighted by molar-refractivity contribution is 6.33. The predicted molar refractivity (Wildman–Crippen MR) is 84.8 cm³/mol. The normalized spacial score (nSPS) is 15.9. The molecule has 1 saturated heterocycles. The van der Waals surface area contributed by atoms with Crippen molar-refractivity contribution in [1.82, 2.24) is 10.2 Å². The maximum atomic E-state index is 11.8. The topological polar surface area (TPSA) is 53.6 Å². The summed E-state index contributed by atoms with van der Waals surface area (Å²) in [6.45, 7) is 5.84. The van der Waals surface area contributed by atoms with Gasteiger partial charge < -0.3 is 15.4 Å². The largest absolute Gasteiger partial charge is 0.379 e. The number of morpholine rings is 1. The molecule has 116 valence electrons. The Hall–Kier alpha value is -1.14. The van der Waals surface area contributed by atoms with Gasteiger partial charge in [-0.2, -0.15) is 0 Å². The molecule has 0 atom stereocenters. The van der Waals surface area contributed by atoms with Gasteiger partial charge in [0.2, 0.25) is 5.91 Å². The molecular formula is C15H22ClN3O2. The molecule has 6 heteroatoms. The van der Waals surface area contributed by atoms with Gasteiger partial charge in [0.15, 0.2) is 0 Å². The lowest BCUT2D eigenvalue weighted by Gasteiger charge is -2.26. The summed E-state index contributed by atoms with van der Waals surface area (Å²) >= 11 is 5.99. The van der Waals surface area contributed by atoms with Crippen LogP contribution in [-0.4, -0.2) is 56.7 Å². The molecule has 1 fully saturated rings. The number of benzene rings is 1. The summed E-state index contributed by atoms with van der Waals surface area (Å²) in [4.78, 5) is 14.2. The number of amides is 1. The highest BCUT2D eigenvalue weighted by atomic mass is 35.5. The van der Waals surface area contributed by atoms with Crippen LogP contribution in [0.2, 0.25) is 5.02 Å². The summed E-state index contributed by atoms with van der Waals surface area (Å²) in [6, 6.07) is 7.23. The molecule has 0 bridgehead atoms. The van der Waals surface area contributed by atoms with Crippen LogP contribution in [0.15, 0.2) is 24.3 Å². The van der Waals surface area contributed by atoms with Crippen LogP contribution in [0, 0.1) is 0 Å². The average molecular weight is 312 g/mol. The molecular weight excluding hydrogens is 290 g/mol. The highest BCUT2D eigenvalue weighted by Gasteiger charge is 2.09. The number of hydrogen-bond acceptors (Lipinski definition) is 4. The van der Waals surface area contributed by atoms with E-state index in [2.05, 4.69) is 15.5 Å². The van der Waals surface area contributed by atoms with Crippen LogP contribution in [0.3, 0.4) is 0 Å². The smallest absolute Gasteiger partial charge is 0.238 e. The molecule has 1 aromatic carbocycles. The third-order valence-corrected chi connectivity index (χ3v) is 3.69. The Bertz CT molecular complexity index is 450. The van der Waals surface area contributed by atoms with Crippen LogP contribution in [0.5, 0.6) is 0 Å². The highest BCUT2D eigenvalue weighted by Crippen LogP contribution is 2.19. The number of para-hydroxylation sites is 1.